The van der Waals surface area contributed by atoms with Crippen LogP contribution in [-0.2, 0) is 6.42 Å². The van der Waals surface area contributed by atoms with Gasteiger partial charge in [0.15, 0.2) is 11.5 Å². The molecule has 0 fully saturated rings. The Morgan fingerprint density at radius 2 is 2.10 bits per heavy atom. The van der Waals surface area contributed by atoms with Crippen LogP contribution >= 0.6 is 11.3 Å². The highest BCUT2D eigenvalue weighted by Crippen LogP contribution is 2.37. The van der Waals surface area contributed by atoms with E-state index in [1.165, 1.54) is 0 Å². The molecule has 1 aliphatic rings. The summed E-state index contributed by atoms with van der Waals surface area (Å²) in [6.45, 7) is 1.08. The summed E-state index contributed by atoms with van der Waals surface area (Å²) < 4.78 is 10.8. The number of nitrogens with one attached hydrogen (secondary N) is 1. The van der Waals surface area contributed by atoms with E-state index in [4.69, 9.17) is 9.47 Å². The van der Waals surface area contributed by atoms with Crippen molar-refractivity contribution in [1.82, 2.24) is 9.97 Å². The molecule has 0 atom stereocenters. The number of thiazole rings is 1. The molecule has 5 nitrogen and oxygen atoms in total. The van der Waals surface area contributed by atoms with Gasteiger partial charge in [0, 0.05) is 29.9 Å². The third-order valence-corrected chi connectivity index (χ3v) is 4.05. The van der Waals surface area contributed by atoms with E-state index in [-0.39, 0.29) is 6.79 Å². The number of rotatable bonds is 4. The highest BCUT2D eigenvalue weighted by atomic mass is 32.1. The zero-order valence-electron chi connectivity index (χ0n) is 11.2. The van der Waals surface area contributed by atoms with Gasteiger partial charge in [-0.15, -0.1) is 11.3 Å². The first-order chi connectivity index (χ1) is 10.4. The predicted molar refractivity (Wildman–Crippen MR) is 82.2 cm³/mol. The second kappa shape index (κ2) is 5.21. The lowest BCUT2D eigenvalue weighted by atomic mass is 10.1. The predicted octanol–water partition coefficient (Wildman–Crippen LogP) is 3.07. The van der Waals surface area contributed by atoms with Crippen LogP contribution in [0.4, 0.5) is 5.82 Å². The fraction of sp³-hybridized carbons (Fsp3) is 0.200. The van der Waals surface area contributed by atoms with Crippen LogP contribution in [0, 0.1) is 0 Å². The van der Waals surface area contributed by atoms with Crippen LogP contribution in [0.2, 0.25) is 0 Å². The Morgan fingerprint density at radius 3 is 2.95 bits per heavy atom. The fourth-order valence-electron chi connectivity index (χ4n) is 2.37. The van der Waals surface area contributed by atoms with Crippen LogP contribution in [0.15, 0.2) is 35.3 Å². The number of anilines is 1. The van der Waals surface area contributed by atoms with Gasteiger partial charge < -0.3 is 14.8 Å². The number of hydrogen-bond acceptors (Lipinski definition) is 6. The number of pyridine rings is 1. The van der Waals surface area contributed by atoms with Crippen molar-refractivity contribution in [3.63, 3.8) is 0 Å². The smallest absolute Gasteiger partial charge is 0.231 e. The zero-order valence-corrected chi connectivity index (χ0v) is 12.0. The Morgan fingerprint density at radius 1 is 1.19 bits per heavy atom. The summed E-state index contributed by atoms with van der Waals surface area (Å²) in [6.07, 6.45) is 2.68. The van der Waals surface area contributed by atoms with Crippen molar-refractivity contribution in [3.05, 3.63) is 41.0 Å². The SMILES string of the molecule is c1cc2cc3c(cc2c(NCCc2cscn2)n1)OCO3. The Labute approximate surface area is 125 Å². The monoisotopic (exact) mass is 299 g/mol. The molecular formula is C15H13N3O2S. The summed E-state index contributed by atoms with van der Waals surface area (Å²) in [5, 5.41) is 7.57. The molecule has 0 saturated heterocycles. The third-order valence-electron chi connectivity index (χ3n) is 3.41. The molecule has 0 unspecified atom stereocenters. The van der Waals surface area contributed by atoms with Crippen LogP contribution in [-0.4, -0.2) is 23.3 Å². The van der Waals surface area contributed by atoms with Gasteiger partial charge in [-0.1, -0.05) is 0 Å². The third kappa shape index (κ3) is 2.38. The van der Waals surface area contributed by atoms with Crippen LogP contribution < -0.4 is 14.8 Å². The van der Waals surface area contributed by atoms with Crippen molar-refractivity contribution in [2.75, 3.05) is 18.7 Å². The largest absolute Gasteiger partial charge is 0.454 e. The van der Waals surface area contributed by atoms with Crippen molar-refractivity contribution < 1.29 is 9.47 Å². The molecule has 0 amide bonds. The number of benzene rings is 1. The number of hydrogen-bond donors (Lipinski definition) is 1. The quantitative estimate of drug-likeness (QED) is 0.802. The topological polar surface area (TPSA) is 56.3 Å². The Hall–Kier alpha value is -2.34. The van der Waals surface area contributed by atoms with E-state index in [2.05, 4.69) is 20.7 Å². The lowest BCUT2D eigenvalue weighted by Crippen LogP contribution is -2.06. The summed E-state index contributed by atoms with van der Waals surface area (Å²) in [5.41, 5.74) is 2.96. The number of ether oxygens (including phenoxy) is 2. The average Bonchev–Trinajstić information content (AvgIpc) is 3.16. The molecule has 0 radical (unpaired) electrons. The Kier molecular flexibility index (Phi) is 3.08. The molecule has 3 aromatic rings. The van der Waals surface area contributed by atoms with Crippen LogP contribution in [0.25, 0.3) is 10.8 Å². The van der Waals surface area contributed by atoms with Gasteiger partial charge in [0.05, 0.1) is 11.2 Å². The summed E-state index contributed by atoms with van der Waals surface area (Å²) >= 11 is 1.62. The normalized spacial score (nSPS) is 12.8. The van der Waals surface area contributed by atoms with Gasteiger partial charge in [0.25, 0.3) is 0 Å². The first-order valence-corrected chi connectivity index (χ1v) is 7.64. The van der Waals surface area contributed by atoms with Crippen LogP contribution in [0.3, 0.4) is 0 Å². The van der Waals surface area contributed by atoms with Crippen LogP contribution in [0.5, 0.6) is 11.5 Å². The van der Waals surface area contributed by atoms with Crippen molar-refractivity contribution in [1.29, 1.82) is 0 Å². The minimum atomic E-state index is 0.283. The lowest BCUT2D eigenvalue weighted by Gasteiger charge is -2.09. The fourth-order valence-corrected chi connectivity index (χ4v) is 2.97. The molecule has 21 heavy (non-hydrogen) atoms. The summed E-state index contributed by atoms with van der Waals surface area (Å²) in [4.78, 5) is 8.70. The van der Waals surface area contributed by atoms with E-state index in [1.807, 2.05) is 23.7 Å². The maximum Gasteiger partial charge on any atom is 0.231 e. The molecule has 6 heteroatoms. The molecule has 1 aliphatic heterocycles. The minimum Gasteiger partial charge on any atom is -0.454 e. The van der Waals surface area contributed by atoms with E-state index in [1.54, 1.807) is 17.5 Å². The highest BCUT2D eigenvalue weighted by molar-refractivity contribution is 7.07. The highest BCUT2D eigenvalue weighted by Gasteiger charge is 2.15. The molecule has 0 saturated carbocycles. The summed E-state index contributed by atoms with van der Waals surface area (Å²) in [5.74, 6) is 2.43. The lowest BCUT2D eigenvalue weighted by molar-refractivity contribution is 0.174. The number of nitrogens with zero attached hydrogens (tertiary/aromatic N) is 2. The molecule has 3 heterocycles. The van der Waals surface area contributed by atoms with Gasteiger partial charge in [0.1, 0.15) is 5.82 Å². The Bertz CT molecular complexity index is 774. The van der Waals surface area contributed by atoms with E-state index in [0.717, 1.165) is 46.7 Å². The van der Waals surface area contributed by atoms with Gasteiger partial charge in [-0.25, -0.2) is 9.97 Å². The summed E-state index contributed by atoms with van der Waals surface area (Å²) in [6, 6.07) is 5.95. The standard InChI is InChI=1S/C15H13N3O2S/c1-3-16-15(17-4-2-11-7-21-8-18-11)12-6-14-13(5-10(1)12)19-9-20-14/h1,3,5-8H,2,4,9H2,(H,16,17). The Balaban J connectivity index is 1.59. The van der Waals surface area contributed by atoms with Gasteiger partial charge in [-0.3, -0.25) is 0 Å². The maximum absolute atomic E-state index is 5.44. The van der Waals surface area contributed by atoms with Gasteiger partial charge in [-0.2, -0.15) is 0 Å². The van der Waals surface area contributed by atoms with Crippen LogP contribution in [0.1, 0.15) is 5.69 Å². The van der Waals surface area contributed by atoms with Crippen molar-refractivity contribution in [3.8, 4) is 11.5 Å². The first-order valence-electron chi connectivity index (χ1n) is 6.69. The van der Waals surface area contributed by atoms with E-state index < -0.39 is 0 Å². The van der Waals surface area contributed by atoms with Gasteiger partial charge in [-0.05, 0) is 23.6 Å². The second-order valence-electron chi connectivity index (χ2n) is 4.74. The first kappa shape index (κ1) is 12.4. The average molecular weight is 299 g/mol. The van der Waals surface area contributed by atoms with E-state index in [0.29, 0.717) is 0 Å². The number of aromatic nitrogens is 2. The van der Waals surface area contributed by atoms with Crippen molar-refractivity contribution in [2.24, 2.45) is 0 Å². The molecule has 0 spiro atoms. The zero-order chi connectivity index (χ0) is 14.1. The molecule has 0 aliphatic carbocycles. The second-order valence-corrected chi connectivity index (χ2v) is 5.46. The van der Waals surface area contributed by atoms with E-state index in [9.17, 15) is 0 Å². The molecule has 4 rings (SSSR count). The molecule has 106 valence electrons. The molecule has 1 N–H and O–H groups in total. The van der Waals surface area contributed by atoms with Crippen molar-refractivity contribution >= 4 is 27.9 Å². The van der Waals surface area contributed by atoms with E-state index >= 15 is 0 Å². The minimum absolute atomic E-state index is 0.283. The summed E-state index contributed by atoms with van der Waals surface area (Å²) in [7, 11) is 0. The van der Waals surface area contributed by atoms with Gasteiger partial charge in [0.2, 0.25) is 6.79 Å². The van der Waals surface area contributed by atoms with Crippen molar-refractivity contribution in [2.45, 2.75) is 6.42 Å². The molecular weight excluding hydrogens is 286 g/mol. The molecule has 1 aromatic carbocycles. The molecule has 2 aromatic heterocycles. The maximum atomic E-state index is 5.44. The molecule has 0 bridgehead atoms. The van der Waals surface area contributed by atoms with Gasteiger partial charge >= 0.3 is 0 Å². The number of fused-ring (bicyclic) bond motifs is 2.